The molecule has 29 heavy (non-hydrogen) atoms. The average Bonchev–Trinajstić information content (AvgIpc) is 2.74. The van der Waals surface area contributed by atoms with Crippen molar-refractivity contribution in [1.29, 1.82) is 0 Å². The molecule has 1 N–H and O–H groups in total. The van der Waals surface area contributed by atoms with E-state index in [-0.39, 0.29) is 29.5 Å². The molecule has 0 radical (unpaired) electrons. The zero-order chi connectivity index (χ0) is 20.8. The first-order valence-corrected chi connectivity index (χ1v) is 9.55. The molecule has 0 aliphatic carbocycles. The minimum Gasteiger partial charge on any atom is -0.462 e. The molecule has 1 fully saturated rings. The van der Waals surface area contributed by atoms with Crippen LogP contribution in [0.3, 0.4) is 0 Å². The highest BCUT2D eigenvalue weighted by Gasteiger charge is 2.29. The van der Waals surface area contributed by atoms with Crippen molar-refractivity contribution in [1.82, 2.24) is 14.9 Å². The molecule has 10 nitrogen and oxygen atoms in total. The highest BCUT2D eigenvalue weighted by atomic mass is 16.6. The Bertz CT molecular complexity index is 883. The lowest BCUT2D eigenvalue weighted by atomic mass is 10.1. The third-order valence-corrected chi connectivity index (χ3v) is 4.78. The van der Waals surface area contributed by atoms with Crippen LogP contribution in [-0.2, 0) is 4.74 Å². The van der Waals surface area contributed by atoms with Crippen LogP contribution >= 0.6 is 0 Å². The number of carbonyl (C=O) groups is 1. The lowest BCUT2D eigenvalue weighted by molar-refractivity contribution is -0.383. The number of piperazine rings is 1. The van der Waals surface area contributed by atoms with Crippen molar-refractivity contribution in [2.75, 3.05) is 49.5 Å². The summed E-state index contributed by atoms with van der Waals surface area (Å²) in [6.45, 7) is 7.89. The Labute approximate surface area is 168 Å². The Balaban J connectivity index is 1.93. The fraction of sp³-hybridized carbons (Fsp3) is 0.421. The van der Waals surface area contributed by atoms with E-state index in [2.05, 4.69) is 27.1 Å². The molecule has 2 aromatic rings. The summed E-state index contributed by atoms with van der Waals surface area (Å²) in [6.07, 6.45) is 1.30. The van der Waals surface area contributed by atoms with E-state index in [4.69, 9.17) is 4.74 Å². The van der Waals surface area contributed by atoms with E-state index in [9.17, 15) is 14.9 Å². The number of nitrogens with zero attached hydrogens (tertiary/aromatic N) is 5. The fourth-order valence-corrected chi connectivity index (χ4v) is 3.24. The molecule has 1 saturated heterocycles. The van der Waals surface area contributed by atoms with Gasteiger partial charge in [0.2, 0.25) is 11.6 Å². The Kier molecular flexibility index (Phi) is 6.55. The molecular formula is C19H24N6O4. The summed E-state index contributed by atoms with van der Waals surface area (Å²) in [5.41, 5.74) is 0.450. The van der Waals surface area contributed by atoms with E-state index >= 15 is 0 Å². The van der Waals surface area contributed by atoms with E-state index in [0.29, 0.717) is 18.8 Å². The second-order valence-electron chi connectivity index (χ2n) is 6.46. The number of carbonyl (C=O) groups excluding carboxylic acids is 1. The molecule has 0 unspecified atom stereocenters. The molecule has 0 bridgehead atoms. The molecule has 3 rings (SSSR count). The van der Waals surface area contributed by atoms with Crippen LogP contribution in [0.1, 0.15) is 24.2 Å². The smallest absolute Gasteiger partial charge is 0.353 e. The van der Waals surface area contributed by atoms with Gasteiger partial charge in [-0.25, -0.2) is 14.8 Å². The molecule has 0 amide bonds. The zero-order valence-corrected chi connectivity index (χ0v) is 16.5. The SMILES string of the molecule is CCOC(=O)c1ccccc1Nc1ncnc(N2CCN(CC)CC2)c1[N+](=O)[O-]. The fourth-order valence-electron chi connectivity index (χ4n) is 3.24. The Morgan fingerprint density at radius 1 is 1.21 bits per heavy atom. The van der Waals surface area contributed by atoms with Crippen molar-refractivity contribution in [3.05, 3.63) is 46.3 Å². The lowest BCUT2D eigenvalue weighted by Crippen LogP contribution is -2.46. The molecule has 0 saturated carbocycles. The van der Waals surface area contributed by atoms with Crippen LogP contribution in [0.25, 0.3) is 0 Å². The number of ether oxygens (including phenoxy) is 1. The number of hydrogen-bond acceptors (Lipinski definition) is 9. The van der Waals surface area contributed by atoms with Crippen molar-refractivity contribution >= 4 is 29.0 Å². The minimum atomic E-state index is -0.511. The molecule has 1 aromatic heterocycles. The van der Waals surface area contributed by atoms with Gasteiger partial charge in [0.05, 0.1) is 22.8 Å². The number of likely N-dealkylation sites (N-methyl/N-ethyl adjacent to an activating group) is 1. The van der Waals surface area contributed by atoms with Gasteiger partial charge in [0.1, 0.15) is 6.33 Å². The molecule has 10 heteroatoms. The van der Waals surface area contributed by atoms with Crippen molar-refractivity contribution in [2.24, 2.45) is 0 Å². The predicted octanol–water partition coefficient (Wildman–Crippen LogP) is 2.45. The quantitative estimate of drug-likeness (QED) is 0.425. The third kappa shape index (κ3) is 4.60. The van der Waals surface area contributed by atoms with Crippen LogP contribution < -0.4 is 10.2 Å². The van der Waals surface area contributed by atoms with Gasteiger partial charge in [-0.1, -0.05) is 19.1 Å². The van der Waals surface area contributed by atoms with Crippen LogP contribution in [0.15, 0.2) is 30.6 Å². The van der Waals surface area contributed by atoms with Crippen LogP contribution in [0.5, 0.6) is 0 Å². The maximum Gasteiger partial charge on any atom is 0.353 e. The van der Waals surface area contributed by atoms with Gasteiger partial charge in [-0.15, -0.1) is 0 Å². The summed E-state index contributed by atoms with van der Waals surface area (Å²) in [5, 5.41) is 14.8. The first-order chi connectivity index (χ1) is 14.0. The van der Waals surface area contributed by atoms with Gasteiger partial charge in [0.25, 0.3) is 0 Å². The van der Waals surface area contributed by atoms with Crippen molar-refractivity contribution < 1.29 is 14.5 Å². The average molecular weight is 400 g/mol. The van der Waals surface area contributed by atoms with Gasteiger partial charge in [-0.3, -0.25) is 10.1 Å². The van der Waals surface area contributed by atoms with Crippen LogP contribution in [0.4, 0.5) is 23.0 Å². The van der Waals surface area contributed by atoms with E-state index in [0.717, 1.165) is 19.6 Å². The standard InChI is InChI=1S/C19H24N6O4/c1-3-23-9-11-24(12-10-23)18-16(25(27)28)17(20-13-21-18)22-15-8-6-5-7-14(15)19(26)29-4-2/h5-8,13H,3-4,9-12H2,1-2H3,(H,20,21,22). The maximum absolute atomic E-state index is 12.2. The van der Waals surface area contributed by atoms with Crippen molar-refractivity contribution in [3.8, 4) is 0 Å². The molecule has 1 aliphatic heterocycles. The predicted molar refractivity (Wildman–Crippen MR) is 109 cm³/mol. The van der Waals surface area contributed by atoms with E-state index in [1.807, 2.05) is 4.90 Å². The number of nitrogens with one attached hydrogen (secondary N) is 1. The Hall–Kier alpha value is -3.27. The lowest BCUT2D eigenvalue weighted by Gasteiger charge is -2.34. The van der Waals surface area contributed by atoms with Crippen LogP contribution in [0.2, 0.25) is 0 Å². The molecule has 1 aliphatic rings. The molecule has 0 spiro atoms. The highest BCUT2D eigenvalue weighted by Crippen LogP contribution is 2.34. The van der Waals surface area contributed by atoms with Gasteiger partial charge in [-0.2, -0.15) is 0 Å². The topological polar surface area (TPSA) is 114 Å². The van der Waals surface area contributed by atoms with Crippen LogP contribution in [-0.4, -0.2) is 65.1 Å². The number of aromatic nitrogens is 2. The molecule has 0 atom stereocenters. The second kappa shape index (κ2) is 9.28. The summed E-state index contributed by atoms with van der Waals surface area (Å²) in [6, 6.07) is 6.67. The van der Waals surface area contributed by atoms with Gasteiger partial charge in [0.15, 0.2) is 0 Å². The number of nitro groups is 1. The molecule has 154 valence electrons. The zero-order valence-electron chi connectivity index (χ0n) is 16.5. The molecule has 2 heterocycles. The number of para-hydroxylation sites is 1. The monoisotopic (exact) mass is 400 g/mol. The van der Waals surface area contributed by atoms with Gasteiger partial charge >= 0.3 is 11.7 Å². The summed E-state index contributed by atoms with van der Waals surface area (Å²) < 4.78 is 5.07. The number of hydrogen-bond donors (Lipinski definition) is 1. The highest BCUT2D eigenvalue weighted by molar-refractivity contribution is 5.96. The van der Waals surface area contributed by atoms with Gasteiger partial charge in [-0.05, 0) is 25.6 Å². The largest absolute Gasteiger partial charge is 0.462 e. The second-order valence-corrected chi connectivity index (χ2v) is 6.46. The first kappa shape index (κ1) is 20.5. The van der Waals surface area contributed by atoms with E-state index < -0.39 is 10.9 Å². The van der Waals surface area contributed by atoms with Crippen molar-refractivity contribution in [2.45, 2.75) is 13.8 Å². The minimum absolute atomic E-state index is 0.0367. The Morgan fingerprint density at radius 2 is 1.93 bits per heavy atom. The normalized spacial score (nSPS) is 14.5. The van der Waals surface area contributed by atoms with Gasteiger partial charge < -0.3 is 19.9 Å². The van der Waals surface area contributed by atoms with Crippen molar-refractivity contribution in [3.63, 3.8) is 0 Å². The summed E-state index contributed by atoms with van der Waals surface area (Å²) in [4.78, 5) is 36.0. The van der Waals surface area contributed by atoms with Crippen LogP contribution in [0, 0.1) is 10.1 Å². The summed E-state index contributed by atoms with van der Waals surface area (Å²) in [5.74, 6) is -0.199. The molecule has 1 aromatic carbocycles. The van der Waals surface area contributed by atoms with Gasteiger partial charge in [0, 0.05) is 26.2 Å². The van der Waals surface area contributed by atoms with E-state index in [1.54, 1.807) is 31.2 Å². The maximum atomic E-state index is 12.2. The molecular weight excluding hydrogens is 376 g/mol. The first-order valence-electron chi connectivity index (χ1n) is 9.55. The third-order valence-electron chi connectivity index (χ3n) is 4.78. The van der Waals surface area contributed by atoms with E-state index in [1.165, 1.54) is 6.33 Å². The Morgan fingerprint density at radius 3 is 2.59 bits per heavy atom. The summed E-state index contributed by atoms with van der Waals surface area (Å²) in [7, 11) is 0. The number of anilines is 3. The summed E-state index contributed by atoms with van der Waals surface area (Å²) >= 11 is 0. The number of rotatable bonds is 7. The number of esters is 1. The number of benzene rings is 1.